The van der Waals surface area contributed by atoms with E-state index < -0.39 is 75.8 Å². The van der Waals surface area contributed by atoms with Crippen LogP contribution in [0.2, 0.25) is 0 Å². The van der Waals surface area contributed by atoms with E-state index in [1.165, 1.54) is 21.8 Å². The summed E-state index contributed by atoms with van der Waals surface area (Å²) in [6.07, 6.45) is -6.08. The Hall–Kier alpha value is -2.38. The summed E-state index contributed by atoms with van der Waals surface area (Å²) in [6.45, 7) is -0.552. The van der Waals surface area contributed by atoms with Crippen molar-refractivity contribution in [3.8, 4) is 0 Å². The van der Waals surface area contributed by atoms with Crippen molar-refractivity contribution in [3.63, 3.8) is 0 Å². The summed E-state index contributed by atoms with van der Waals surface area (Å²) >= 11 is 0. The van der Waals surface area contributed by atoms with Crippen molar-refractivity contribution in [1.82, 2.24) is 39.0 Å². The predicted molar refractivity (Wildman–Crippen MR) is 148 cm³/mol. The van der Waals surface area contributed by atoms with Gasteiger partial charge < -0.3 is 59.0 Å². The maximum Gasteiger partial charge on any atom is 2.00 e. The van der Waals surface area contributed by atoms with Gasteiger partial charge in [0.15, 0.2) is 34.8 Å². The number of aliphatic hydroxyl groups excluding tert-OH is 2. The zero-order valence-electron chi connectivity index (χ0n) is 23.4. The van der Waals surface area contributed by atoms with Crippen molar-refractivity contribution in [2.45, 2.75) is 49.1 Å². The zero-order valence-corrected chi connectivity index (χ0v) is 27.4. The van der Waals surface area contributed by atoms with Gasteiger partial charge in [-0.1, -0.05) is 0 Å². The molecule has 8 heterocycles. The van der Waals surface area contributed by atoms with E-state index in [0.29, 0.717) is 0 Å². The zero-order chi connectivity index (χ0) is 32.7. The molecule has 4 saturated heterocycles. The summed E-state index contributed by atoms with van der Waals surface area (Å²) < 4.78 is 55.0. The maximum absolute atomic E-state index is 11.8. The first-order valence-corrected chi connectivity index (χ1v) is 16.0. The van der Waals surface area contributed by atoms with E-state index in [4.69, 9.17) is 30.0 Å². The smallest absolute Gasteiger partial charge is 0.756 e. The summed E-state index contributed by atoms with van der Waals surface area (Å²) in [4.78, 5) is 66.6. The standard InChI is InChI=1S/2C10H12N5O7P.Ca/c2*11-10-13-7-4(8(17)14-10)12-2-15(7)9-5(16)6-3(21-9)1-20-23(18,19)22-6;/h2*2-3,5-6,9,16H,1H2,(H,18,19)(H3,11,13,14,17);/q;;+2/p-2/t2*3-,5-,6-,9-;/m11./s1/i2*1+1,2+1,3+1,4+1,5+1,6+1,7+1,8+1,9+1,10+1,11+1,12+1,13+1,14+1,15+1;. The second-order valence-electron chi connectivity index (χ2n) is 10.3. The largest absolute Gasteiger partial charge is 2.00 e. The number of phosphoric acid groups is 2. The van der Waals surface area contributed by atoms with Gasteiger partial charge in [-0.25, -0.2) is 9.97 Å². The third-order valence-corrected chi connectivity index (χ3v) is 9.30. The molecule has 4 aromatic rings. The Labute approximate surface area is 289 Å². The van der Waals surface area contributed by atoms with Crippen LogP contribution in [-0.4, -0.2) is 137 Å². The van der Waals surface area contributed by atoms with Crippen LogP contribution in [-0.2, 0) is 36.7 Å². The van der Waals surface area contributed by atoms with Gasteiger partial charge >= 0.3 is 37.7 Å². The molecule has 47 heavy (non-hydrogen) atoms. The first-order chi connectivity index (χ1) is 21.7. The van der Waals surface area contributed by atoms with Crippen LogP contribution in [0.25, 0.3) is 22.3 Å². The van der Waals surface area contributed by atoms with Gasteiger partial charge in [-0.05, 0) is 0 Å². The summed E-state index contributed by atoms with van der Waals surface area (Å²) in [5.41, 5.74) is 10.1. The number of nitrogens with one attached hydrogen (secondary N) is 2. The number of nitrogens with two attached hydrogens (primary N) is 2. The molecule has 0 bridgehead atoms. The number of nitrogens with zero attached hydrogens (tertiary/aromatic N) is 6. The number of fused-ring (bicyclic) bond motifs is 4. The second-order valence-corrected chi connectivity index (χ2v) is 13.0. The number of hydrogen-bond acceptors (Lipinski definition) is 20. The number of ether oxygens (including phenoxy) is 2. The number of imidazole rings is 2. The number of nitrogen functional groups attached to an aromatic ring is 2. The minimum absolute atomic E-state index is 0. The van der Waals surface area contributed by atoms with E-state index in [-0.39, 0.29) is 85.2 Å². The molecule has 24 nitrogen and oxygen atoms in total. The monoisotopic (exact) mass is 758 g/mol. The van der Waals surface area contributed by atoms with E-state index >= 15 is 0 Å². The van der Waals surface area contributed by atoms with Gasteiger partial charge in [0.25, 0.3) is 26.8 Å². The molecule has 8 N–H and O–H groups in total. The van der Waals surface area contributed by atoms with Gasteiger partial charge in [-0.3, -0.25) is 37.8 Å². The van der Waals surface area contributed by atoms with Gasteiger partial charge in [-0.2, -0.15) is 9.97 Å². The van der Waals surface area contributed by atoms with E-state index in [0.717, 1.165) is 0 Å². The molecule has 0 aromatic carbocycles. The van der Waals surface area contributed by atoms with Crippen molar-refractivity contribution in [2.75, 3.05) is 24.7 Å². The van der Waals surface area contributed by atoms with Crippen molar-refractivity contribution < 1.29 is 56.7 Å². The average molecular weight is 758 g/mol. The number of aromatic nitrogens is 8. The number of hydrogen-bond donors (Lipinski definition) is 6. The molecule has 2 unspecified atom stereocenters. The fraction of sp³-hybridized carbons (Fsp3) is 0.500. The minimum atomic E-state index is -4.47. The first kappa shape index (κ1) is 34.5. The molecule has 10 atom stereocenters. The van der Waals surface area contributed by atoms with Crippen molar-refractivity contribution >= 4 is 87.6 Å². The average Bonchev–Trinajstić information content (AvgIpc) is 3.73. The molecule has 4 aliphatic heterocycles. The Morgan fingerprint density at radius 3 is 1.55 bits per heavy atom. The third-order valence-electron chi connectivity index (χ3n) is 7.36. The molecule has 0 radical (unpaired) electrons. The normalized spacial score (nSPS) is 36.3. The summed E-state index contributed by atoms with van der Waals surface area (Å²) in [5, 5.41) is 20.7. The fourth-order valence-electron chi connectivity index (χ4n) is 5.37. The molecule has 4 aromatic heterocycles. The van der Waals surface area contributed by atoms with E-state index in [1.807, 2.05) is 0 Å². The molecule has 0 amide bonds. The van der Waals surface area contributed by atoms with Gasteiger partial charge in [0.2, 0.25) is 11.9 Å². The molecule has 248 valence electrons. The van der Waals surface area contributed by atoms with Crippen molar-refractivity contribution in [1.29, 1.82) is 0 Å². The van der Waals surface area contributed by atoms with Gasteiger partial charge in [0, 0.05) is 0 Å². The Morgan fingerprint density at radius 1 is 0.787 bits per heavy atom. The Bertz CT molecular complexity index is 1910. The molecular formula is C20H22CaN10O14P2. The van der Waals surface area contributed by atoms with Crippen LogP contribution < -0.4 is 32.4 Å². The summed E-state index contributed by atoms with van der Waals surface area (Å²) in [6, 6.07) is 0. The van der Waals surface area contributed by atoms with E-state index in [9.17, 15) is 38.7 Å². The molecule has 4 aliphatic rings. The minimum Gasteiger partial charge on any atom is -0.756 e. The number of aromatic amines is 2. The molecule has 27 heteroatoms. The maximum atomic E-state index is 11.8. The van der Waals surface area contributed by atoms with Crippen molar-refractivity contribution in [3.05, 3.63) is 33.4 Å². The molecular weight excluding hydrogens is 736 g/mol. The topological polar surface area (TPSA) is 355 Å². The predicted octanol–water partition coefficient (Wildman–Crippen LogP) is -4.69. The SMILES string of the molecule is [15NH2][13c]1[15n][13c]2[13c]([15n][13cH][15n]2[13C@@H]2O[13C@@H]3[13CH2]OP(=O)([O-])O[13C@H]3[13C@H]2O)[13c](=O)[15nH]1.[15NH2][13c]1[15n][13c]2[13c]([15n][13cH][15n]2[13C@@H]2O[13C@@H]3[13CH2]OP(=O)([O-])O[13C@H]3[13C@H]2O)[13c](=O)[15nH]1.[Ca+2]. The quantitative estimate of drug-likeness (QED) is 0.0484. The first-order valence-electron chi connectivity index (χ1n) is 13.1. The van der Waals surface area contributed by atoms with Crippen LogP contribution in [0.3, 0.4) is 0 Å². The van der Waals surface area contributed by atoms with Gasteiger partial charge in [0.05, 0.1) is 25.9 Å². The van der Waals surface area contributed by atoms with Crippen molar-refractivity contribution in [2.24, 2.45) is 0 Å². The van der Waals surface area contributed by atoms with E-state index in [1.54, 1.807) is 0 Å². The molecule has 0 spiro atoms. The van der Waals surface area contributed by atoms with Crippen LogP contribution in [0, 0.1) is 0 Å². The molecule has 0 saturated carbocycles. The number of H-pyrrole nitrogens is 2. The van der Waals surface area contributed by atoms with Crippen LogP contribution in [0.4, 0.5) is 11.9 Å². The van der Waals surface area contributed by atoms with E-state index in [2.05, 4.69) is 39.0 Å². The molecule has 0 aliphatic carbocycles. The number of anilines is 2. The number of aliphatic hydroxyl groups is 2. The van der Waals surface area contributed by atoms with Gasteiger partial charge in [0.1, 0.15) is 36.6 Å². The molecule has 4 fully saturated rings. The van der Waals surface area contributed by atoms with Crippen LogP contribution >= 0.6 is 15.6 Å². The van der Waals surface area contributed by atoms with Crippen LogP contribution in [0.1, 0.15) is 12.5 Å². The Kier molecular flexibility index (Phi) is 9.17. The third kappa shape index (κ3) is 6.29. The summed E-state index contributed by atoms with van der Waals surface area (Å²) in [7, 11) is -8.93. The Balaban J connectivity index is 0.000000161. The van der Waals surface area contributed by atoms with Gasteiger partial charge in [-0.15, -0.1) is 0 Å². The Morgan fingerprint density at radius 2 is 1.17 bits per heavy atom. The second kappa shape index (κ2) is 12.5. The fourth-order valence-corrected chi connectivity index (χ4v) is 7.27. The molecule has 8 rings (SSSR count). The number of rotatable bonds is 2. The number of phosphoric ester groups is 2. The van der Waals surface area contributed by atoms with Crippen LogP contribution in [0.15, 0.2) is 22.2 Å². The van der Waals surface area contributed by atoms with Crippen LogP contribution in [0.5, 0.6) is 0 Å². The summed E-state index contributed by atoms with van der Waals surface area (Å²) in [5.74, 6) is -0.254.